The third-order valence-corrected chi connectivity index (χ3v) is 7.43. The smallest absolute Gasteiger partial charge is 0.0226 e. The zero-order valence-electron chi connectivity index (χ0n) is 9.90. The fraction of sp³-hybridized carbons (Fsp3) is 0.500. The molecule has 2 atom stereocenters. The molecule has 1 saturated heterocycles. The standard InChI is InChI=1S/C6H12S4.C6H6S2/c7-1-5-3-10-6(2-8)4-9-5;7-5-2-1-3-6(8)4-5/h5-8H,1-4H2;1-4,7-8H. The van der Waals surface area contributed by atoms with E-state index in [9.17, 15) is 0 Å². The van der Waals surface area contributed by atoms with Gasteiger partial charge in [0.1, 0.15) is 0 Å². The van der Waals surface area contributed by atoms with Crippen molar-refractivity contribution in [3.8, 4) is 0 Å². The van der Waals surface area contributed by atoms with Crippen molar-refractivity contribution in [2.75, 3.05) is 23.0 Å². The van der Waals surface area contributed by atoms with Crippen LogP contribution >= 0.6 is 74.0 Å². The Balaban J connectivity index is 0.000000184. The molecule has 1 aromatic carbocycles. The molecule has 1 fully saturated rings. The number of rotatable bonds is 2. The minimum Gasteiger partial charge on any atom is -0.178 e. The molecule has 1 aliphatic rings. The van der Waals surface area contributed by atoms with E-state index < -0.39 is 0 Å². The molecule has 0 aromatic heterocycles. The third-order valence-electron chi connectivity index (χ3n) is 2.27. The van der Waals surface area contributed by atoms with Gasteiger partial charge in [-0.25, -0.2) is 0 Å². The Morgan fingerprint density at radius 1 is 0.944 bits per heavy atom. The van der Waals surface area contributed by atoms with Gasteiger partial charge in [-0.2, -0.15) is 48.8 Å². The second kappa shape index (κ2) is 10.1. The Morgan fingerprint density at radius 3 is 1.61 bits per heavy atom. The molecular formula is C12H18S6. The number of hydrogen-bond acceptors (Lipinski definition) is 6. The van der Waals surface area contributed by atoms with E-state index in [1.165, 1.54) is 11.5 Å². The van der Waals surface area contributed by atoms with Gasteiger partial charge in [-0.15, -0.1) is 25.3 Å². The van der Waals surface area contributed by atoms with E-state index in [4.69, 9.17) is 0 Å². The molecule has 6 heteroatoms. The fourth-order valence-electron chi connectivity index (χ4n) is 1.29. The van der Waals surface area contributed by atoms with Gasteiger partial charge in [0.2, 0.25) is 0 Å². The van der Waals surface area contributed by atoms with Crippen LogP contribution in [0.2, 0.25) is 0 Å². The van der Waals surface area contributed by atoms with Gasteiger partial charge in [0, 0.05) is 43.3 Å². The maximum absolute atomic E-state index is 4.27. The van der Waals surface area contributed by atoms with Crippen LogP contribution in [0, 0.1) is 0 Å². The molecule has 0 nitrogen and oxygen atoms in total. The van der Waals surface area contributed by atoms with Gasteiger partial charge in [-0.1, -0.05) is 6.07 Å². The van der Waals surface area contributed by atoms with Gasteiger partial charge in [-0.05, 0) is 18.2 Å². The van der Waals surface area contributed by atoms with Crippen molar-refractivity contribution in [2.45, 2.75) is 20.3 Å². The molecule has 0 bridgehead atoms. The summed E-state index contributed by atoms with van der Waals surface area (Å²) >= 11 is 20.8. The molecule has 1 heterocycles. The Labute approximate surface area is 140 Å². The summed E-state index contributed by atoms with van der Waals surface area (Å²) in [7, 11) is 0. The largest absolute Gasteiger partial charge is 0.178 e. The van der Waals surface area contributed by atoms with Gasteiger partial charge < -0.3 is 0 Å². The first-order valence-electron chi connectivity index (χ1n) is 5.58. The van der Waals surface area contributed by atoms with Crippen LogP contribution in [-0.2, 0) is 0 Å². The minimum absolute atomic E-state index is 0.782. The van der Waals surface area contributed by atoms with E-state index in [-0.39, 0.29) is 0 Å². The molecule has 0 N–H and O–H groups in total. The fourth-order valence-corrected chi connectivity index (χ4v) is 5.74. The summed E-state index contributed by atoms with van der Waals surface area (Å²) in [4.78, 5) is 1.91. The second-order valence-electron chi connectivity index (χ2n) is 3.80. The zero-order chi connectivity index (χ0) is 13.4. The first kappa shape index (κ1) is 17.4. The number of thiol groups is 4. The first-order valence-corrected chi connectivity index (χ1v) is 9.84. The quantitative estimate of drug-likeness (QED) is 0.584. The summed E-state index contributed by atoms with van der Waals surface area (Å²) in [6.45, 7) is 0. The highest BCUT2D eigenvalue weighted by molar-refractivity contribution is 8.07. The van der Waals surface area contributed by atoms with E-state index in [0.717, 1.165) is 31.8 Å². The average molecular weight is 355 g/mol. The van der Waals surface area contributed by atoms with Crippen LogP contribution in [0.25, 0.3) is 0 Å². The molecule has 0 aliphatic carbocycles. The van der Waals surface area contributed by atoms with Crippen LogP contribution in [0.4, 0.5) is 0 Å². The van der Waals surface area contributed by atoms with Gasteiger partial charge in [0.25, 0.3) is 0 Å². The summed E-state index contributed by atoms with van der Waals surface area (Å²) < 4.78 is 0. The van der Waals surface area contributed by atoms with Crippen LogP contribution in [0.1, 0.15) is 0 Å². The minimum atomic E-state index is 0.782. The normalized spacial score (nSPS) is 23.1. The Morgan fingerprint density at radius 2 is 1.39 bits per heavy atom. The van der Waals surface area contributed by atoms with E-state index in [1.54, 1.807) is 0 Å². The van der Waals surface area contributed by atoms with Crippen molar-refractivity contribution in [1.29, 1.82) is 0 Å². The lowest BCUT2D eigenvalue weighted by molar-refractivity contribution is 1.06. The number of thioether (sulfide) groups is 2. The van der Waals surface area contributed by atoms with Crippen LogP contribution in [0.5, 0.6) is 0 Å². The molecule has 2 unspecified atom stereocenters. The number of benzene rings is 1. The summed E-state index contributed by atoms with van der Waals surface area (Å²) in [5.41, 5.74) is 0. The van der Waals surface area contributed by atoms with Gasteiger partial charge >= 0.3 is 0 Å². The lowest BCUT2D eigenvalue weighted by atomic mass is 10.4. The topological polar surface area (TPSA) is 0 Å². The molecule has 18 heavy (non-hydrogen) atoms. The predicted octanol–water partition coefficient (Wildman–Crippen LogP) is 4.33. The van der Waals surface area contributed by atoms with E-state index in [0.29, 0.717) is 0 Å². The lowest BCUT2D eigenvalue weighted by Crippen LogP contribution is -2.23. The van der Waals surface area contributed by atoms with Crippen molar-refractivity contribution in [1.82, 2.24) is 0 Å². The van der Waals surface area contributed by atoms with E-state index in [2.05, 4.69) is 50.5 Å². The first-order chi connectivity index (χ1) is 8.65. The summed E-state index contributed by atoms with van der Waals surface area (Å²) in [5, 5.41) is 1.56. The number of hydrogen-bond donors (Lipinski definition) is 4. The predicted molar refractivity (Wildman–Crippen MR) is 101 cm³/mol. The van der Waals surface area contributed by atoms with Crippen molar-refractivity contribution in [3.05, 3.63) is 24.3 Å². The summed E-state index contributed by atoms with van der Waals surface area (Å²) in [6.07, 6.45) is 0. The second-order valence-corrected chi connectivity index (χ2v) is 8.23. The molecule has 102 valence electrons. The van der Waals surface area contributed by atoms with E-state index in [1.807, 2.05) is 47.8 Å². The molecular weight excluding hydrogens is 337 g/mol. The molecule has 0 amide bonds. The maximum atomic E-state index is 4.27. The highest BCUT2D eigenvalue weighted by Crippen LogP contribution is 2.30. The van der Waals surface area contributed by atoms with Gasteiger partial charge in [0.05, 0.1) is 0 Å². The van der Waals surface area contributed by atoms with Crippen LogP contribution in [0.3, 0.4) is 0 Å². The van der Waals surface area contributed by atoms with Gasteiger partial charge in [0.15, 0.2) is 0 Å². The Bertz CT molecular complexity index is 306. The van der Waals surface area contributed by atoms with Crippen LogP contribution in [-0.4, -0.2) is 33.5 Å². The highest BCUT2D eigenvalue weighted by atomic mass is 32.2. The van der Waals surface area contributed by atoms with Crippen LogP contribution < -0.4 is 0 Å². The van der Waals surface area contributed by atoms with Crippen molar-refractivity contribution in [2.24, 2.45) is 0 Å². The molecule has 0 radical (unpaired) electrons. The molecule has 1 aromatic rings. The average Bonchev–Trinajstić information content (AvgIpc) is 2.39. The maximum Gasteiger partial charge on any atom is 0.0226 e. The van der Waals surface area contributed by atoms with Crippen molar-refractivity contribution in [3.63, 3.8) is 0 Å². The van der Waals surface area contributed by atoms with Gasteiger partial charge in [-0.3, -0.25) is 0 Å². The Hall–Kier alpha value is 1.32. The summed E-state index contributed by atoms with van der Waals surface area (Å²) in [6, 6.07) is 7.66. The lowest BCUT2D eigenvalue weighted by Gasteiger charge is -2.25. The highest BCUT2D eigenvalue weighted by Gasteiger charge is 2.19. The molecule has 0 spiro atoms. The SMILES string of the molecule is SCC1CSC(CS)CS1.Sc1cccc(S)c1. The Kier molecular flexibility index (Phi) is 9.75. The molecule has 1 aliphatic heterocycles. The van der Waals surface area contributed by atoms with Crippen molar-refractivity contribution >= 4 is 74.0 Å². The van der Waals surface area contributed by atoms with Crippen molar-refractivity contribution < 1.29 is 0 Å². The molecule has 0 saturated carbocycles. The molecule has 2 rings (SSSR count). The summed E-state index contributed by atoms with van der Waals surface area (Å²) in [5.74, 6) is 4.58. The third kappa shape index (κ3) is 7.20. The monoisotopic (exact) mass is 354 g/mol. The van der Waals surface area contributed by atoms with E-state index >= 15 is 0 Å². The van der Waals surface area contributed by atoms with Crippen LogP contribution in [0.15, 0.2) is 34.1 Å². The zero-order valence-corrected chi connectivity index (χ0v) is 15.1.